The summed E-state index contributed by atoms with van der Waals surface area (Å²) in [6.07, 6.45) is 3.57. The van der Waals surface area contributed by atoms with Crippen molar-refractivity contribution in [1.29, 1.82) is 0 Å². The molecule has 3 heterocycles. The smallest absolute Gasteiger partial charge is 0.270 e. The summed E-state index contributed by atoms with van der Waals surface area (Å²) in [4.78, 5) is 13.4. The van der Waals surface area contributed by atoms with Crippen LogP contribution in [0.3, 0.4) is 0 Å². The number of hydrogen-bond acceptors (Lipinski definition) is 6. The van der Waals surface area contributed by atoms with Crippen molar-refractivity contribution in [3.8, 4) is 0 Å². The molecular weight excluding hydrogens is 308 g/mol. The molecule has 1 saturated heterocycles. The zero-order chi connectivity index (χ0) is 17.3. The largest absolute Gasteiger partial charge is 0.364 e. The fraction of sp³-hybridized carbons (Fsp3) is 0.667. The first kappa shape index (κ1) is 16.4. The van der Waals surface area contributed by atoms with Crippen LogP contribution in [0.4, 0.5) is 5.95 Å². The van der Waals surface area contributed by atoms with E-state index in [9.17, 15) is 4.79 Å². The molecule has 2 unspecified atom stereocenters. The molecule has 3 rings (SSSR count). The van der Waals surface area contributed by atoms with E-state index in [2.05, 4.69) is 50.7 Å². The molecule has 0 saturated carbocycles. The average Bonchev–Trinajstić information content (AvgIpc) is 3.30. The van der Waals surface area contributed by atoms with Gasteiger partial charge in [-0.15, -0.1) is 15.3 Å². The highest BCUT2D eigenvalue weighted by atomic mass is 16.1. The highest BCUT2D eigenvalue weighted by Crippen LogP contribution is 2.28. The van der Waals surface area contributed by atoms with E-state index in [0.717, 1.165) is 44.2 Å². The van der Waals surface area contributed by atoms with E-state index >= 15 is 0 Å². The van der Waals surface area contributed by atoms with E-state index in [1.165, 1.54) is 0 Å². The van der Waals surface area contributed by atoms with Crippen molar-refractivity contribution in [2.45, 2.75) is 52.1 Å². The number of hydrogen-bond donors (Lipinski definition) is 1. The number of amides is 1. The standard InChI is InChI=1S/C15H24N8O/c1-4-10(3)14-18-19-15(22(14)5-2)21-7-6-11(8-21)23-9-12(13(16)24)17-20-23/h9-11H,4-8H2,1-3H3,(H2,16,24). The summed E-state index contributed by atoms with van der Waals surface area (Å²) in [7, 11) is 0. The van der Waals surface area contributed by atoms with Gasteiger partial charge in [-0.25, -0.2) is 4.68 Å². The minimum absolute atomic E-state index is 0.152. The molecule has 2 aromatic heterocycles. The monoisotopic (exact) mass is 332 g/mol. The van der Waals surface area contributed by atoms with Crippen LogP contribution in [0.5, 0.6) is 0 Å². The van der Waals surface area contributed by atoms with Gasteiger partial charge in [-0.2, -0.15) is 0 Å². The minimum Gasteiger partial charge on any atom is -0.364 e. The molecule has 24 heavy (non-hydrogen) atoms. The van der Waals surface area contributed by atoms with Gasteiger partial charge >= 0.3 is 0 Å². The van der Waals surface area contributed by atoms with Crippen LogP contribution in [0.15, 0.2) is 6.20 Å². The quantitative estimate of drug-likeness (QED) is 0.844. The predicted octanol–water partition coefficient (Wildman–Crippen LogP) is 0.953. The Labute approximate surface area is 140 Å². The van der Waals surface area contributed by atoms with Gasteiger partial charge in [0.2, 0.25) is 5.95 Å². The lowest BCUT2D eigenvalue weighted by Crippen LogP contribution is -2.25. The molecule has 1 aliphatic heterocycles. The molecule has 0 bridgehead atoms. The lowest BCUT2D eigenvalue weighted by molar-refractivity contribution is 0.0995. The van der Waals surface area contributed by atoms with Gasteiger partial charge in [0.25, 0.3) is 5.91 Å². The molecule has 0 aromatic carbocycles. The molecule has 0 spiro atoms. The van der Waals surface area contributed by atoms with E-state index in [1.54, 1.807) is 10.9 Å². The maximum Gasteiger partial charge on any atom is 0.270 e. The van der Waals surface area contributed by atoms with Crippen molar-refractivity contribution in [2.75, 3.05) is 18.0 Å². The first-order valence-corrected chi connectivity index (χ1v) is 8.44. The minimum atomic E-state index is -0.556. The normalized spacial score (nSPS) is 19.0. The van der Waals surface area contributed by atoms with Crippen LogP contribution in [0.25, 0.3) is 0 Å². The molecule has 9 nitrogen and oxygen atoms in total. The van der Waals surface area contributed by atoms with Crippen molar-refractivity contribution in [1.82, 2.24) is 29.8 Å². The molecule has 0 aliphatic carbocycles. The van der Waals surface area contributed by atoms with E-state index in [-0.39, 0.29) is 11.7 Å². The Hall–Kier alpha value is -2.45. The van der Waals surface area contributed by atoms with Gasteiger partial charge in [-0.05, 0) is 19.8 Å². The Bertz CT molecular complexity index is 721. The lowest BCUT2D eigenvalue weighted by Gasteiger charge is -2.19. The van der Waals surface area contributed by atoms with Crippen LogP contribution in [0.1, 0.15) is 61.9 Å². The highest BCUT2D eigenvalue weighted by Gasteiger charge is 2.29. The second-order valence-corrected chi connectivity index (χ2v) is 6.25. The fourth-order valence-electron chi connectivity index (χ4n) is 3.10. The SMILES string of the molecule is CCC(C)c1nnc(N2CCC(n3cc(C(N)=O)nn3)C2)n1CC. The topological polar surface area (TPSA) is 108 Å². The van der Waals surface area contributed by atoms with Crippen molar-refractivity contribution in [3.63, 3.8) is 0 Å². The molecule has 2 N–H and O–H groups in total. The fourth-order valence-corrected chi connectivity index (χ4v) is 3.10. The third-order valence-electron chi connectivity index (χ3n) is 4.71. The molecular formula is C15H24N8O. The number of nitrogens with zero attached hydrogens (tertiary/aromatic N) is 7. The summed E-state index contributed by atoms with van der Waals surface area (Å²) in [5.41, 5.74) is 5.44. The van der Waals surface area contributed by atoms with Crippen molar-refractivity contribution >= 4 is 11.9 Å². The van der Waals surface area contributed by atoms with Crippen LogP contribution >= 0.6 is 0 Å². The summed E-state index contributed by atoms with van der Waals surface area (Å²) in [5.74, 6) is 1.78. The van der Waals surface area contributed by atoms with E-state index in [4.69, 9.17) is 5.73 Å². The van der Waals surface area contributed by atoms with Crippen LogP contribution in [-0.2, 0) is 6.54 Å². The Morgan fingerprint density at radius 2 is 2.17 bits per heavy atom. The predicted molar refractivity (Wildman–Crippen MR) is 88.8 cm³/mol. The number of carbonyl (C=O) groups excluding carboxylic acids is 1. The number of primary amides is 1. The van der Waals surface area contributed by atoms with E-state index in [1.807, 2.05) is 0 Å². The Morgan fingerprint density at radius 3 is 2.79 bits per heavy atom. The summed E-state index contributed by atoms with van der Waals surface area (Å²) >= 11 is 0. The average molecular weight is 332 g/mol. The van der Waals surface area contributed by atoms with Gasteiger partial charge in [-0.1, -0.05) is 19.1 Å². The summed E-state index contributed by atoms with van der Waals surface area (Å²) < 4.78 is 3.91. The molecule has 1 aliphatic rings. The molecule has 130 valence electrons. The number of rotatable bonds is 6. The summed E-state index contributed by atoms with van der Waals surface area (Å²) in [6.45, 7) is 8.93. The van der Waals surface area contributed by atoms with E-state index < -0.39 is 5.91 Å². The van der Waals surface area contributed by atoms with Crippen molar-refractivity contribution < 1.29 is 4.79 Å². The third kappa shape index (κ3) is 2.85. The van der Waals surface area contributed by atoms with Crippen LogP contribution in [0, 0.1) is 0 Å². The van der Waals surface area contributed by atoms with Gasteiger partial charge in [-0.3, -0.25) is 9.36 Å². The molecule has 2 aromatic rings. The summed E-state index contributed by atoms with van der Waals surface area (Å²) in [5, 5.41) is 16.7. The van der Waals surface area contributed by atoms with Crippen molar-refractivity contribution in [2.24, 2.45) is 5.73 Å². The Kier molecular flexibility index (Phi) is 4.50. The van der Waals surface area contributed by atoms with E-state index in [0.29, 0.717) is 5.92 Å². The zero-order valence-corrected chi connectivity index (χ0v) is 14.4. The number of aromatic nitrogens is 6. The second kappa shape index (κ2) is 6.58. The zero-order valence-electron chi connectivity index (χ0n) is 14.4. The Morgan fingerprint density at radius 1 is 1.38 bits per heavy atom. The van der Waals surface area contributed by atoms with Crippen LogP contribution < -0.4 is 10.6 Å². The molecule has 0 radical (unpaired) electrons. The molecule has 2 atom stereocenters. The first-order valence-electron chi connectivity index (χ1n) is 8.44. The van der Waals surface area contributed by atoms with Crippen LogP contribution in [0.2, 0.25) is 0 Å². The maximum atomic E-state index is 11.2. The van der Waals surface area contributed by atoms with Crippen LogP contribution in [-0.4, -0.2) is 48.8 Å². The Balaban J connectivity index is 1.78. The number of nitrogens with two attached hydrogens (primary N) is 1. The van der Waals surface area contributed by atoms with Gasteiger partial charge in [0, 0.05) is 25.6 Å². The molecule has 1 amide bonds. The highest BCUT2D eigenvalue weighted by molar-refractivity contribution is 5.90. The third-order valence-corrected chi connectivity index (χ3v) is 4.71. The number of carbonyl (C=O) groups is 1. The van der Waals surface area contributed by atoms with Gasteiger partial charge in [0.05, 0.1) is 12.2 Å². The second-order valence-electron chi connectivity index (χ2n) is 6.25. The van der Waals surface area contributed by atoms with Gasteiger partial charge in [0.15, 0.2) is 5.69 Å². The lowest BCUT2D eigenvalue weighted by atomic mass is 10.1. The first-order chi connectivity index (χ1) is 11.5. The molecule has 1 fully saturated rings. The maximum absolute atomic E-state index is 11.2. The summed E-state index contributed by atoms with van der Waals surface area (Å²) in [6, 6.07) is 0.152. The number of anilines is 1. The molecule has 9 heteroatoms. The van der Waals surface area contributed by atoms with Crippen molar-refractivity contribution in [3.05, 3.63) is 17.7 Å². The van der Waals surface area contributed by atoms with Gasteiger partial charge in [0.1, 0.15) is 5.82 Å². The van der Waals surface area contributed by atoms with Gasteiger partial charge < -0.3 is 10.6 Å².